The van der Waals surface area contributed by atoms with Crippen LogP contribution in [0.3, 0.4) is 0 Å². The lowest BCUT2D eigenvalue weighted by molar-refractivity contribution is -0.114. The van der Waals surface area contributed by atoms with Crippen molar-refractivity contribution < 1.29 is 17.9 Å². The maximum Gasteiger partial charge on any atom is 0.262 e. The lowest BCUT2D eigenvalue weighted by Crippen LogP contribution is -2.14. The number of amides is 1. The van der Waals surface area contributed by atoms with Crippen LogP contribution in [0.2, 0.25) is 0 Å². The number of hydrogen-bond donors (Lipinski definition) is 2. The number of aromatic nitrogens is 4. The third kappa shape index (κ3) is 5.64. The first-order valence-corrected chi connectivity index (χ1v) is 12.1. The summed E-state index contributed by atoms with van der Waals surface area (Å²) >= 11 is 0. The van der Waals surface area contributed by atoms with Crippen molar-refractivity contribution in [2.24, 2.45) is 0 Å². The second-order valence-electron chi connectivity index (χ2n) is 7.95. The molecule has 0 bridgehead atoms. The van der Waals surface area contributed by atoms with Crippen LogP contribution in [0.5, 0.6) is 11.6 Å². The molecule has 0 spiro atoms. The topological polar surface area (TPSA) is 128 Å². The third-order valence-corrected chi connectivity index (χ3v) is 6.51. The minimum atomic E-state index is -3.83. The average molecular weight is 493 g/mol. The van der Waals surface area contributed by atoms with Gasteiger partial charge in [-0.3, -0.25) is 9.52 Å². The van der Waals surface area contributed by atoms with E-state index in [0.717, 1.165) is 11.4 Å². The van der Waals surface area contributed by atoms with Gasteiger partial charge in [-0.05, 0) is 74.9 Å². The van der Waals surface area contributed by atoms with Gasteiger partial charge in [0.25, 0.3) is 10.0 Å². The molecule has 35 heavy (non-hydrogen) atoms. The van der Waals surface area contributed by atoms with Crippen molar-refractivity contribution >= 4 is 27.3 Å². The van der Waals surface area contributed by atoms with Crippen LogP contribution < -0.4 is 14.8 Å². The summed E-state index contributed by atoms with van der Waals surface area (Å²) in [5, 5.41) is 7.04. The zero-order valence-electron chi connectivity index (χ0n) is 19.6. The highest BCUT2D eigenvalue weighted by Gasteiger charge is 2.18. The molecule has 2 aromatic carbocycles. The van der Waals surface area contributed by atoms with Crippen molar-refractivity contribution in [3.63, 3.8) is 0 Å². The van der Waals surface area contributed by atoms with Crippen molar-refractivity contribution in [3.05, 3.63) is 77.9 Å². The number of nitrogens with zero attached hydrogens (tertiary/aromatic N) is 4. The van der Waals surface area contributed by atoms with Gasteiger partial charge >= 0.3 is 0 Å². The summed E-state index contributed by atoms with van der Waals surface area (Å²) in [6.07, 6.45) is 1.39. The Kier molecular flexibility index (Phi) is 6.52. The molecule has 2 N–H and O–H groups in total. The van der Waals surface area contributed by atoms with Gasteiger partial charge in [-0.1, -0.05) is 0 Å². The molecule has 0 unspecified atom stereocenters. The zero-order valence-corrected chi connectivity index (χ0v) is 20.4. The molecule has 10 nitrogen and oxygen atoms in total. The normalized spacial score (nSPS) is 11.2. The Hall–Kier alpha value is -4.25. The van der Waals surface area contributed by atoms with Crippen molar-refractivity contribution in [3.8, 4) is 17.4 Å². The van der Waals surface area contributed by atoms with E-state index in [1.54, 1.807) is 54.1 Å². The van der Waals surface area contributed by atoms with Crippen LogP contribution in [0.15, 0.2) is 65.8 Å². The lowest BCUT2D eigenvalue weighted by Gasteiger charge is -2.12. The van der Waals surface area contributed by atoms with Crippen LogP contribution in [0, 0.1) is 20.8 Å². The molecule has 0 atom stereocenters. The van der Waals surface area contributed by atoms with Gasteiger partial charge in [-0.25, -0.2) is 23.1 Å². The first-order valence-electron chi connectivity index (χ1n) is 10.7. The molecule has 1 amide bonds. The van der Waals surface area contributed by atoms with Gasteiger partial charge in [0.05, 0.1) is 10.6 Å². The van der Waals surface area contributed by atoms with Crippen molar-refractivity contribution in [2.45, 2.75) is 32.6 Å². The quantitative estimate of drug-likeness (QED) is 0.397. The Balaban J connectivity index is 1.47. The zero-order chi connectivity index (χ0) is 25.2. The van der Waals surface area contributed by atoms with Gasteiger partial charge in [-0.2, -0.15) is 5.10 Å². The first-order chi connectivity index (χ1) is 16.6. The lowest BCUT2D eigenvalue weighted by atomic mass is 10.2. The van der Waals surface area contributed by atoms with Crippen molar-refractivity contribution in [2.75, 3.05) is 10.0 Å². The summed E-state index contributed by atoms with van der Waals surface area (Å²) in [6, 6.07) is 14.7. The Morgan fingerprint density at radius 3 is 2.29 bits per heavy atom. The smallest absolute Gasteiger partial charge is 0.262 e. The SMILES string of the molecule is CC(=O)Nc1ccc(S(=O)(=O)Nc2ccc(Oc3cc(-n4nc(C)cc4C)ncn3)cc2)c(C)c1. The van der Waals surface area contributed by atoms with Gasteiger partial charge in [0.1, 0.15) is 12.1 Å². The predicted octanol–water partition coefficient (Wildman–Crippen LogP) is 4.14. The first kappa shape index (κ1) is 23.9. The van der Waals surface area contributed by atoms with Crippen LogP contribution >= 0.6 is 0 Å². The maximum absolute atomic E-state index is 12.9. The summed E-state index contributed by atoms with van der Waals surface area (Å²) in [5.74, 6) is 1.14. The number of nitrogens with one attached hydrogen (secondary N) is 2. The molecule has 0 saturated heterocycles. The molecule has 2 aromatic heterocycles. The molecule has 0 aliphatic heterocycles. The second-order valence-corrected chi connectivity index (χ2v) is 9.60. The highest BCUT2D eigenvalue weighted by Crippen LogP contribution is 2.26. The average Bonchev–Trinajstić information content (AvgIpc) is 3.12. The number of carbonyl (C=O) groups excluding carboxylic acids is 1. The Morgan fingerprint density at radius 2 is 1.66 bits per heavy atom. The van der Waals surface area contributed by atoms with Crippen LogP contribution in [-0.2, 0) is 14.8 Å². The Morgan fingerprint density at radius 1 is 0.943 bits per heavy atom. The molecule has 0 aliphatic rings. The fourth-order valence-electron chi connectivity index (χ4n) is 3.52. The van der Waals surface area contributed by atoms with Crippen LogP contribution in [-0.4, -0.2) is 34.1 Å². The maximum atomic E-state index is 12.9. The molecular formula is C24H24N6O4S. The number of ether oxygens (including phenoxy) is 1. The fourth-order valence-corrected chi connectivity index (χ4v) is 4.80. The monoisotopic (exact) mass is 492 g/mol. The number of anilines is 2. The third-order valence-electron chi connectivity index (χ3n) is 4.97. The number of carbonyl (C=O) groups is 1. The van der Waals surface area contributed by atoms with Gasteiger partial charge in [0.15, 0.2) is 5.82 Å². The van der Waals surface area contributed by atoms with E-state index in [1.807, 2.05) is 19.9 Å². The standard InChI is InChI=1S/C24H24N6O4S/c1-15-11-20(27-18(4)31)7-10-22(15)35(32,33)29-19-5-8-21(9-6-19)34-24-13-23(25-14-26-24)30-17(3)12-16(2)28-30/h5-14,29H,1-4H3,(H,27,31). The summed E-state index contributed by atoms with van der Waals surface area (Å²) in [7, 11) is -3.83. The Labute approximate surface area is 203 Å². The molecule has 11 heteroatoms. The molecule has 4 aromatic rings. The number of sulfonamides is 1. The van der Waals surface area contributed by atoms with E-state index in [-0.39, 0.29) is 10.8 Å². The minimum absolute atomic E-state index is 0.115. The van der Waals surface area contributed by atoms with E-state index in [1.165, 1.54) is 19.3 Å². The number of hydrogen-bond acceptors (Lipinski definition) is 7. The van der Waals surface area contributed by atoms with Crippen molar-refractivity contribution in [1.82, 2.24) is 19.7 Å². The summed E-state index contributed by atoms with van der Waals surface area (Å²) in [4.78, 5) is 19.7. The molecule has 0 aliphatic carbocycles. The van der Waals surface area contributed by atoms with Crippen LogP contribution in [0.1, 0.15) is 23.9 Å². The van der Waals surface area contributed by atoms with Crippen LogP contribution in [0.25, 0.3) is 5.82 Å². The van der Waals surface area contributed by atoms with Crippen molar-refractivity contribution in [1.29, 1.82) is 0 Å². The summed E-state index contributed by atoms with van der Waals surface area (Å²) in [6.45, 7) is 6.89. The molecule has 0 saturated carbocycles. The predicted molar refractivity (Wildman–Crippen MR) is 131 cm³/mol. The summed E-state index contributed by atoms with van der Waals surface area (Å²) < 4.78 is 35.8. The van der Waals surface area contributed by atoms with E-state index in [4.69, 9.17) is 4.74 Å². The number of rotatable bonds is 7. The van der Waals surface area contributed by atoms with Gasteiger partial charge in [0, 0.05) is 30.1 Å². The molecule has 0 radical (unpaired) electrons. The van der Waals surface area contributed by atoms with Gasteiger partial charge < -0.3 is 10.1 Å². The molecule has 2 heterocycles. The minimum Gasteiger partial charge on any atom is -0.439 e. The van der Waals surface area contributed by atoms with E-state index in [0.29, 0.717) is 34.4 Å². The van der Waals surface area contributed by atoms with Crippen LogP contribution in [0.4, 0.5) is 11.4 Å². The highest BCUT2D eigenvalue weighted by molar-refractivity contribution is 7.92. The van der Waals surface area contributed by atoms with E-state index < -0.39 is 10.0 Å². The molecule has 180 valence electrons. The number of benzene rings is 2. The Bertz CT molecular complexity index is 1500. The molecule has 4 rings (SSSR count). The van der Waals surface area contributed by atoms with E-state index >= 15 is 0 Å². The molecular weight excluding hydrogens is 468 g/mol. The fraction of sp³-hybridized carbons (Fsp3) is 0.167. The van der Waals surface area contributed by atoms with Gasteiger partial charge in [-0.15, -0.1) is 0 Å². The summed E-state index contributed by atoms with van der Waals surface area (Å²) in [5.41, 5.74) is 3.21. The van der Waals surface area contributed by atoms with Gasteiger partial charge in [0.2, 0.25) is 11.8 Å². The second kappa shape index (κ2) is 9.55. The number of aryl methyl sites for hydroxylation is 3. The molecule has 0 fully saturated rings. The van der Waals surface area contributed by atoms with E-state index in [2.05, 4.69) is 25.1 Å². The largest absolute Gasteiger partial charge is 0.439 e. The van der Waals surface area contributed by atoms with E-state index in [9.17, 15) is 13.2 Å². The highest BCUT2D eigenvalue weighted by atomic mass is 32.2.